The molecule has 1 aliphatic rings. The quantitative estimate of drug-likeness (QED) is 0.564. The molecule has 16 heavy (non-hydrogen) atoms. The smallest absolute Gasteiger partial charge is 0.146 e. The lowest BCUT2D eigenvalue weighted by atomic mass is 9.82. The summed E-state index contributed by atoms with van der Waals surface area (Å²) in [5.74, 6) is 0.431. The lowest BCUT2D eigenvalue weighted by molar-refractivity contribution is -0.105. The van der Waals surface area contributed by atoms with E-state index in [1.54, 1.807) is 0 Å². The van der Waals surface area contributed by atoms with Crippen LogP contribution in [0.1, 0.15) is 25.3 Å². The third kappa shape index (κ3) is 2.19. The molecule has 2 atom stereocenters. The van der Waals surface area contributed by atoms with E-state index in [0.29, 0.717) is 12.3 Å². The lowest BCUT2D eigenvalue weighted by Gasteiger charge is -2.27. The molecule has 0 aliphatic heterocycles. The Hall–Kier alpha value is -1.08. The normalized spacial score (nSPS) is 25.6. The summed E-state index contributed by atoms with van der Waals surface area (Å²) in [4.78, 5) is 11.1. The molecule has 1 aliphatic carbocycles. The number of benzene rings is 1. The van der Waals surface area contributed by atoms with Crippen molar-refractivity contribution in [3.8, 4) is 0 Å². The Balaban J connectivity index is 2.40. The minimum absolute atomic E-state index is 0.0904. The number of carbonyl (C=O) groups excluding carboxylic acids is 1. The van der Waals surface area contributed by atoms with Crippen LogP contribution in [0.15, 0.2) is 35.9 Å². The summed E-state index contributed by atoms with van der Waals surface area (Å²) in [6.07, 6.45) is 2.55. The number of hydrogen-bond donors (Lipinski definition) is 0. The van der Waals surface area contributed by atoms with Gasteiger partial charge in [-0.1, -0.05) is 37.3 Å². The Morgan fingerprint density at radius 1 is 1.25 bits per heavy atom. The fourth-order valence-corrected chi connectivity index (χ4v) is 2.43. The van der Waals surface area contributed by atoms with E-state index < -0.39 is 0 Å². The molecule has 2 unspecified atom stereocenters. The van der Waals surface area contributed by atoms with Crippen molar-refractivity contribution in [3.05, 3.63) is 41.5 Å². The summed E-state index contributed by atoms with van der Waals surface area (Å²) in [5, 5.41) is 0.0904. The Morgan fingerprint density at radius 2 is 1.94 bits per heavy atom. The molecule has 0 bridgehead atoms. The van der Waals surface area contributed by atoms with Crippen molar-refractivity contribution in [2.45, 2.75) is 25.1 Å². The predicted molar refractivity (Wildman–Crippen MR) is 67.5 cm³/mol. The fraction of sp³-hybridized carbons (Fsp3) is 0.357. The Morgan fingerprint density at radius 3 is 2.56 bits per heavy atom. The maximum absolute atomic E-state index is 11.1. The number of halogens is 1. The highest BCUT2D eigenvalue weighted by atomic mass is 35.5. The van der Waals surface area contributed by atoms with Gasteiger partial charge in [-0.3, -0.25) is 4.79 Å². The first-order valence-corrected chi connectivity index (χ1v) is 6.02. The Bertz CT molecular complexity index is 408. The van der Waals surface area contributed by atoms with Crippen molar-refractivity contribution in [1.82, 2.24) is 0 Å². The third-order valence-corrected chi connectivity index (χ3v) is 3.80. The molecule has 0 saturated carbocycles. The molecule has 1 nitrogen and oxygen atoms in total. The van der Waals surface area contributed by atoms with E-state index in [9.17, 15) is 4.79 Å². The van der Waals surface area contributed by atoms with Crippen LogP contribution in [0.25, 0.3) is 5.57 Å². The van der Waals surface area contributed by atoms with Crippen molar-refractivity contribution in [2.24, 2.45) is 5.92 Å². The highest BCUT2D eigenvalue weighted by molar-refractivity contribution is 6.21. The first-order valence-electron chi connectivity index (χ1n) is 5.59. The van der Waals surface area contributed by atoms with Crippen LogP contribution in [-0.2, 0) is 4.79 Å². The minimum Gasteiger partial charge on any atom is -0.298 e. The highest BCUT2D eigenvalue weighted by Crippen LogP contribution is 2.37. The van der Waals surface area contributed by atoms with Gasteiger partial charge in [-0.25, -0.2) is 0 Å². The molecule has 0 amide bonds. The van der Waals surface area contributed by atoms with E-state index in [2.05, 4.69) is 19.1 Å². The first kappa shape index (κ1) is 11.4. The summed E-state index contributed by atoms with van der Waals surface area (Å²) >= 11 is 6.20. The molecule has 0 spiro atoms. The zero-order valence-corrected chi connectivity index (χ0v) is 10.1. The molecule has 1 aromatic carbocycles. The average molecular weight is 235 g/mol. The summed E-state index contributed by atoms with van der Waals surface area (Å²) in [7, 11) is 0. The van der Waals surface area contributed by atoms with Crippen LogP contribution in [0.2, 0.25) is 0 Å². The number of rotatable bonds is 2. The fourth-order valence-electron chi connectivity index (χ4n) is 2.18. The second kappa shape index (κ2) is 4.84. The van der Waals surface area contributed by atoms with Crippen LogP contribution in [-0.4, -0.2) is 11.7 Å². The topological polar surface area (TPSA) is 17.1 Å². The van der Waals surface area contributed by atoms with Gasteiger partial charge in [0.15, 0.2) is 0 Å². The van der Waals surface area contributed by atoms with Gasteiger partial charge < -0.3 is 0 Å². The maximum Gasteiger partial charge on any atom is 0.146 e. The standard InChI is InChI=1S/C14H15ClO/c1-10-7-13(11-5-3-2-4-6-11)12(9-16)8-14(10)15/h2-6,9-10,14H,7-8H2,1H3. The summed E-state index contributed by atoms with van der Waals surface area (Å²) in [6.45, 7) is 2.14. The van der Waals surface area contributed by atoms with Gasteiger partial charge in [0.1, 0.15) is 6.29 Å². The van der Waals surface area contributed by atoms with Crippen molar-refractivity contribution in [2.75, 3.05) is 0 Å². The molecule has 0 saturated heterocycles. The molecule has 0 aromatic heterocycles. The second-order valence-electron chi connectivity index (χ2n) is 4.39. The summed E-state index contributed by atoms with van der Waals surface area (Å²) < 4.78 is 0. The van der Waals surface area contributed by atoms with Crippen LogP contribution in [0.5, 0.6) is 0 Å². The maximum atomic E-state index is 11.1. The number of carbonyl (C=O) groups is 1. The third-order valence-electron chi connectivity index (χ3n) is 3.21. The summed E-state index contributed by atoms with van der Waals surface area (Å²) in [5.41, 5.74) is 3.18. The van der Waals surface area contributed by atoms with Gasteiger partial charge >= 0.3 is 0 Å². The molecule has 2 rings (SSSR count). The van der Waals surface area contributed by atoms with E-state index in [-0.39, 0.29) is 5.38 Å². The van der Waals surface area contributed by atoms with Crippen LogP contribution >= 0.6 is 11.6 Å². The number of alkyl halides is 1. The zero-order chi connectivity index (χ0) is 11.5. The zero-order valence-electron chi connectivity index (χ0n) is 9.32. The molecular weight excluding hydrogens is 220 g/mol. The molecule has 84 valence electrons. The SMILES string of the molecule is CC1CC(c2ccccc2)=C(C=O)CC1Cl. The van der Waals surface area contributed by atoms with Gasteiger partial charge in [0.2, 0.25) is 0 Å². The molecule has 0 fully saturated rings. The highest BCUT2D eigenvalue weighted by Gasteiger charge is 2.25. The molecule has 0 heterocycles. The molecule has 0 N–H and O–H groups in total. The number of allylic oxidation sites excluding steroid dienone is 2. The van der Waals surface area contributed by atoms with Gasteiger partial charge in [-0.2, -0.15) is 0 Å². The van der Waals surface area contributed by atoms with Crippen LogP contribution in [0, 0.1) is 5.92 Å². The monoisotopic (exact) mass is 234 g/mol. The van der Waals surface area contributed by atoms with Crippen molar-refractivity contribution >= 4 is 23.5 Å². The number of hydrogen-bond acceptors (Lipinski definition) is 1. The van der Waals surface area contributed by atoms with Crippen molar-refractivity contribution in [3.63, 3.8) is 0 Å². The van der Waals surface area contributed by atoms with E-state index in [1.165, 1.54) is 5.57 Å². The van der Waals surface area contributed by atoms with Crippen molar-refractivity contribution in [1.29, 1.82) is 0 Å². The minimum atomic E-state index is 0.0904. The number of aldehydes is 1. The van der Waals surface area contributed by atoms with Crippen LogP contribution < -0.4 is 0 Å². The molecular formula is C14H15ClO. The van der Waals surface area contributed by atoms with Crippen LogP contribution in [0.3, 0.4) is 0 Å². The summed E-state index contributed by atoms with van der Waals surface area (Å²) in [6, 6.07) is 10.1. The van der Waals surface area contributed by atoms with Gasteiger partial charge in [0.25, 0.3) is 0 Å². The molecule has 0 radical (unpaired) electrons. The van der Waals surface area contributed by atoms with E-state index in [0.717, 1.165) is 23.8 Å². The second-order valence-corrected chi connectivity index (χ2v) is 4.95. The Labute approximate surface area is 101 Å². The Kier molecular flexibility index (Phi) is 3.45. The van der Waals surface area contributed by atoms with Gasteiger partial charge in [-0.15, -0.1) is 11.6 Å². The first-order chi connectivity index (χ1) is 7.72. The van der Waals surface area contributed by atoms with E-state index in [4.69, 9.17) is 11.6 Å². The average Bonchev–Trinajstić information content (AvgIpc) is 2.33. The van der Waals surface area contributed by atoms with E-state index >= 15 is 0 Å². The molecule has 2 heteroatoms. The predicted octanol–water partition coefficient (Wildman–Crippen LogP) is 3.68. The van der Waals surface area contributed by atoms with Gasteiger partial charge in [-0.05, 0) is 35.5 Å². The molecule has 1 aromatic rings. The van der Waals surface area contributed by atoms with Crippen LogP contribution in [0.4, 0.5) is 0 Å². The van der Waals surface area contributed by atoms with E-state index in [1.807, 2.05) is 18.2 Å². The lowest BCUT2D eigenvalue weighted by Crippen LogP contribution is -2.19. The van der Waals surface area contributed by atoms with Gasteiger partial charge in [0.05, 0.1) is 0 Å². The largest absolute Gasteiger partial charge is 0.298 e. The van der Waals surface area contributed by atoms with Gasteiger partial charge in [0, 0.05) is 5.38 Å². The van der Waals surface area contributed by atoms with Crippen molar-refractivity contribution < 1.29 is 4.79 Å².